The number of halogens is 3. The maximum atomic E-state index is 12.8. The molecule has 0 aliphatic carbocycles. The van der Waals surface area contributed by atoms with E-state index in [1.54, 1.807) is 12.1 Å². The van der Waals surface area contributed by atoms with Crippen molar-refractivity contribution in [2.24, 2.45) is 0 Å². The smallest absolute Gasteiger partial charge is 0.416 e. The molecule has 0 saturated carbocycles. The fraction of sp³-hybridized carbons (Fsp3) is 0.174. The molecule has 4 aromatic rings. The summed E-state index contributed by atoms with van der Waals surface area (Å²) in [6.45, 7) is 2.44. The minimum atomic E-state index is -4.43. The van der Waals surface area contributed by atoms with Crippen LogP contribution < -0.4 is 15.6 Å². The van der Waals surface area contributed by atoms with E-state index in [2.05, 4.69) is 10.3 Å². The number of alkyl halides is 3. The van der Waals surface area contributed by atoms with Crippen LogP contribution in [0.5, 0.6) is 5.75 Å². The van der Waals surface area contributed by atoms with Gasteiger partial charge in [-0.05, 0) is 55.0 Å². The van der Waals surface area contributed by atoms with Crippen molar-refractivity contribution < 1.29 is 22.7 Å². The third-order valence-electron chi connectivity index (χ3n) is 4.79. The summed E-state index contributed by atoms with van der Waals surface area (Å²) >= 11 is 1.25. The molecule has 0 bridgehead atoms. The van der Waals surface area contributed by atoms with Crippen molar-refractivity contribution in [1.82, 2.24) is 9.55 Å². The average Bonchev–Trinajstić information content (AvgIpc) is 3.16. The number of fused-ring (bicyclic) bond motifs is 1. The highest BCUT2D eigenvalue weighted by atomic mass is 32.1. The summed E-state index contributed by atoms with van der Waals surface area (Å²) < 4.78 is 45.8. The molecule has 0 aliphatic heterocycles. The molecular weight excluding hydrogens is 455 g/mol. The van der Waals surface area contributed by atoms with Crippen LogP contribution in [-0.2, 0) is 12.7 Å². The van der Waals surface area contributed by atoms with Crippen molar-refractivity contribution in [1.29, 1.82) is 0 Å². The Kier molecular flexibility index (Phi) is 6.19. The van der Waals surface area contributed by atoms with Crippen molar-refractivity contribution in [2.75, 3.05) is 11.9 Å². The zero-order chi connectivity index (χ0) is 23.6. The van der Waals surface area contributed by atoms with Gasteiger partial charge in [0.25, 0.3) is 11.5 Å². The van der Waals surface area contributed by atoms with Crippen LogP contribution in [0, 0.1) is 0 Å². The molecule has 0 atom stereocenters. The maximum absolute atomic E-state index is 12.8. The summed E-state index contributed by atoms with van der Waals surface area (Å²) in [5.41, 5.74) is -0.241. The van der Waals surface area contributed by atoms with Gasteiger partial charge < -0.3 is 9.30 Å². The van der Waals surface area contributed by atoms with E-state index in [-0.39, 0.29) is 12.1 Å². The number of anilines is 1. The van der Waals surface area contributed by atoms with Gasteiger partial charge in [-0.1, -0.05) is 23.5 Å². The molecule has 0 unspecified atom stereocenters. The number of carbonyl (C=O) groups is 1. The third kappa shape index (κ3) is 5.06. The number of amides is 1. The minimum Gasteiger partial charge on any atom is -0.494 e. The number of rotatable bonds is 6. The van der Waals surface area contributed by atoms with Crippen LogP contribution in [-0.4, -0.2) is 22.1 Å². The number of thiazole rings is 1. The molecule has 1 amide bonds. The Labute approximate surface area is 190 Å². The number of carbonyl (C=O) groups excluding carboxylic acids is 1. The van der Waals surface area contributed by atoms with Crippen LogP contribution >= 0.6 is 11.3 Å². The van der Waals surface area contributed by atoms with Crippen molar-refractivity contribution in [2.45, 2.75) is 19.6 Å². The van der Waals surface area contributed by atoms with Gasteiger partial charge in [0.05, 0.1) is 28.9 Å². The number of ether oxygens (including phenoxy) is 1. The molecule has 1 N–H and O–H groups in total. The van der Waals surface area contributed by atoms with Gasteiger partial charge in [-0.2, -0.15) is 13.2 Å². The summed E-state index contributed by atoms with van der Waals surface area (Å²) in [6, 6.07) is 12.8. The SMILES string of the molecule is CCOc1ccc2nc(NC(=O)c3cccn(Cc4ccc(C(F)(F)F)cc4)c3=O)sc2c1. The van der Waals surface area contributed by atoms with Gasteiger partial charge in [0, 0.05) is 6.20 Å². The van der Waals surface area contributed by atoms with Crippen LogP contribution in [0.25, 0.3) is 10.2 Å². The molecule has 0 radical (unpaired) electrons. The van der Waals surface area contributed by atoms with Crippen LogP contribution in [0.2, 0.25) is 0 Å². The number of aromatic nitrogens is 2. The Hall–Kier alpha value is -3.66. The second-order valence-electron chi connectivity index (χ2n) is 7.09. The second-order valence-corrected chi connectivity index (χ2v) is 8.12. The number of nitrogens with one attached hydrogen (secondary N) is 1. The Morgan fingerprint density at radius 2 is 1.91 bits per heavy atom. The van der Waals surface area contributed by atoms with E-state index in [1.165, 1.54) is 46.4 Å². The molecule has 0 saturated heterocycles. The Morgan fingerprint density at radius 1 is 1.15 bits per heavy atom. The molecule has 2 aromatic heterocycles. The molecule has 4 rings (SSSR count). The van der Waals surface area contributed by atoms with Crippen molar-refractivity contribution in [3.05, 3.63) is 87.8 Å². The summed E-state index contributed by atoms with van der Waals surface area (Å²) in [7, 11) is 0. The highest BCUT2D eigenvalue weighted by Gasteiger charge is 2.29. The molecule has 0 spiro atoms. The number of hydrogen-bond acceptors (Lipinski definition) is 5. The van der Waals surface area contributed by atoms with Crippen molar-refractivity contribution in [3.63, 3.8) is 0 Å². The van der Waals surface area contributed by atoms with Crippen molar-refractivity contribution >= 4 is 32.6 Å². The molecule has 10 heteroatoms. The normalized spacial score (nSPS) is 11.5. The summed E-state index contributed by atoms with van der Waals surface area (Å²) in [5.74, 6) is 0.0756. The first-order valence-corrected chi connectivity index (χ1v) is 10.8. The Balaban J connectivity index is 1.52. The first kappa shape index (κ1) is 22.5. The fourth-order valence-corrected chi connectivity index (χ4v) is 4.10. The second kappa shape index (κ2) is 9.07. The summed E-state index contributed by atoms with van der Waals surface area (Å²) in [5, 5.41) is 2.98. The number of hydrogen-bond donors (Lipinski definition) is 1. The first-order chi connectivity index (χ1) is 15.7. The zero-order valence-electron chi connectivity index (χ0n) is 17.3. The molecule has 2 heterocycles. The molecule has 0 aliphatic rings. The third-order valence-corrected chi connectivity index (χ3v) is 5.72. The van der Waals surface area contributed by atoms with E-state index in [0.717, 1.165) is 16.8 Å². The lowest BCUT2D eigenvalue weighted by Crippen LogP contribution is -2.29. The van der Waals surface area contributed by atoms with Crippen molar-refractivity contribution in [3.8, 4) is 5.75 Å². The predicted octanol–water partition coefficient (Wildman–Crippen LogP) is 5.18. The van der Waals surface area contributed by atoms with E-state index in [9.17, 15) is 22.8 Å². The molecule has 33 heavy (non-hydrogen) atoms. The first-order valence-electron chi connectivity index (χ1n) is 9.95. The van der Waals surface area contributed by atoms with Crippen LogP contribution in [0.15, 0.2) is 65.6 Å². The molecule has 6 nitrogen and oxygen atoms in total. The van der Waals surface area contributed by atoms with E-state index in [4.69, 9.17) is 4.74 Å². The topological polar surface area (TPSA) is 73.2 Å². The molecule has 0 fully saturated rings. The fourth-order valence-electron chi connectivity index (χ4n) is 3.21. The predicted molar refractivity (Wildman–Crippen MR) is 120 cm³/mol. The van der Waals surface area contributed by atoms with E-state index >= 15 is 0 Å². The van der Waals surface area contributed by atoms with E-state index in [0.29, 0.717) is 28.6 Å². The summed E-state index contributed by atoms with van der Waals surface area (Å²) in [6.07, 6.45) is -2.96. The number of benzene rings is 2. The largest absolute Gasteiger partial charge is 0.494 e. The standard InChI is InChI=1S/C23H18F3N3O3S/c1-2-32-16-9-10-18-19(12-16)33-22(27-18)28-20(30)17-4-3-11-29(21(17)31)13-14-5-7-15(8-6-14)23(24,25)26/h3-12H,2,13H2,1H3,(H,27,28,30). The highest BCUT2D eigenvalue weighted by Crippen LogP contribution is 2.30. The van der Waals surface area contributed by atoms with Gasteiger partial charge in [0.1, 0.15) is 11.3 Å². The van der Waals surface area contributed by atoms with Gasteiger partial charge in [-0.25, -0.2) is 4.98 Å². The summed E-state index contributed by atoms with van der Waals surface area (Å²) in [4.78, 5) is 29.9. The van der Waals surface area contributed by atoms with Gasteiger partial charge in [-0.15, -0.1) is 0 Å². The maximum Gasteiger partial charge on any atom is 0.416 e. The minimum absolute atomic E-state index is 0.0272. The van der Waals surface area contributed by atoms with E-state index in [1.807, 2.05) is 13.0 Å². The molecule has 2 aromatic carbocycles. The van der Waals surface area contributed by atoms with Gasteiger partial charge in [0.15, 0.2) is 5.13 Å². The number of pyridine rings is 1. The molecular formula is C23H18F3N3O3S. The molecule has 170 valence electrons. The van der Waals surface area contributed by atoms with Crippen LogP contribution in [0.4, 0.5) is 18.3 Å². The lowest BCUT2D eigenvalue weighted by molar-refractivity contribution is -0.137. The average molecular weight is 473 g/mol. The monoisotopic (exact) mass is 473 g/mol. The lowest BCUT2D eigenvalue weighted by atomic mass is 10.1. The Morgan fingerprint density at radius 3 is 2.61 bits per heavy atom. The van der Waals surface area contributed by atoms with Gasteiger partial charge in [0.2, 0.25) is 0 Å². The zero-order valence-corrected chi connectivity index (χ0v) is 18.2. The highest BCUT2D eigenvalue weighted by molar-refractivity contribution is 7.22. The Bertz CT molecular complexity index is 1360. The van der Waals surface area contributed by atoms with Crippen LogP contribution in [0.1, 0.15) is 28.4 Å². The lowest BCUT2D eigenvalue weighted by Gasteiger charge is -2.10. The van der Waals surface area contributed by atoms with Crippen LogP contribution in [0.3, 0.4) is 0 Å². The van der Waals surface area contributed by atoms with Gasteiger partial charge in [-0.3, -0.25) is 14.9 Å². The van der Waals surface area contributed by atoms with Gasteiger partial charge >= 0.3 is 6.18 Å². The van der Waals surface area contributed by atoms with E-state index < -0.39 is 23.2 Å². The quantitative estimate of drug-likeness (QED) is 0.419. The number of nitrogens with zero attached hydrogens (tertiary/aromatic N) is 2.